The highest BCUT2D eigenvalue weighted by molar-refractivity contribution is 7.89. The smallest absolute Gasteiger partial charge is 0.343 e. The molecule has 8 nitrogen and oxygen atoms in total. The molecule has 0 spiro atoms. The summed E-state index contributed by atoms with van der Waals surface area (Å²) in [6.45, 7) is 3.19. The van der Waals surface area contributed by atoms with Crippen LogP contribution in [-0.4, -0.2) is 60.2 Å². The molecule has 1 aliphatic heterocycles. The van der Waals surface area contributed by atoms with E-state index in [1.807, 2.05) is 0 Å². The molecular formula is C16H22N4O4S. The predicted octanol–water partition coefficient (Wildman–Crippen LogP) is -0.177. The van der Waals surface area contributed by atoms with Crippen molar-refractivity contribution < 1.29 is 13.2 Å². The van der Waals surface area contributed by atoms with Crippen LogP contribution in [-0.2, 0) is 21.4 Å². The third-order valence-electron chi connectivity index (χ3n) is 4.38. The molecule has 1 aromatic carbocycles. The summed E-state index contributed by atoms with van der Waals surface area (Å²) in [5.74, 6) is -0.308. The van der Waals surface area contributed by atoms with Crippen LogP contribution in [0, 0.1) is 0 Å². The first-order valence-corrected chi connectivity index (χ1v) is 10.1. The Hall–Kier alpha value is -2.13. The minimum absolute atomic E-state index is 0.206. The van der Waals surface area contributed by atoms with Gasteiger partial charge in [-0.05, 0) is 38.1 Å². The van der Waals surface area contributed by atoms with Crippen LogP contribution in [0.15, 0.2) is 29.1 Å². The number of nitrogens with zero attached hydrogens (tertiary/aromatic N) is 3. The van der Waals surface area contributed by atoms with E-state index in [1.54, 1.807) is 24.3 Å². The molecule has 1 fully saturated rings. The van der Waals surface area contributed by atoms with Crippen LogP contribution in [0.4, 0.5) is 0 Å². The number of fused-ring (bicyclic) bond motifs is 1. The van der Waals surface area contributed by atoms with Gasteiger partial charge in [0.2, 0.25) is 15.9 Å². The zero-order valence-electron chi connectivity index (χ0n) is 14.1. The number of amides is 1. The molecule has 0 bridgehead atoms. The first-order valence-electron chi connectivity index (χ1n) is 8.28. The fourth-order valence-electron chi connectivity index (χ4n) is 3.21. The normalized spacial score (nSPS) is 15.7. The minimum atomic E-state index is -3.76. The topological polar surface area (TPSA) is 93.4 Å². The number of aromatic nitrogens is 2. The number of para-hydroxylation sites is 2. The molecule has 1 N–H and O–H groups in total. The van der Waals surface area contributed by atoms with Gasteiger partial charge in [0, 0.05) is 13.1 Å². The standard InChI is InChI=1S/C16H22N4O4S/c1-25(23,24)20-14-7-3-2-6-13(14)19(16(20)22)12-15(21)17-8-11-18-9-4-5-10-18/h2-3,6-7H,4-5,8-12H2,1H3,(H,17,21). The summed E-state index contributed by atoms with van der Waals surface area (Å²) >= 11 is 0. The number of carbonyl (C=O) groups excluding carboxylic acids is 1. The van der Waals surface area contributed by atoms with E-state index >= 15 is 0 Å². The fourth-order valence-corrected chi connectivity index (χ4v) is 4.11. The molecule has 3 rings (SSSR count). The minimum Gasteiger partial charge on any atom is -0.353 e. The number of benzene rings is 1. The summed E-state index contributed by atoms with van der Waals surface area (Å²) in [6.07, 6.45) is 3.35. The number of likely N-dealkylation sites (tertiary alicyclic amines) is 1. The molecule has 1 saturated heterocycles. The number of hydrogen-bond donors (Lipinski definition) is 1. The number of rotatable bonds is 6. The van der Waals surface area contributed by atoms with Crippen LogP contribution in [0.2, 0.25) is 0 Å². The van der Waals surface area contributed by atoms with Gasteiger partial charge < -0.3 is 10.2 Å². The zero-order chi connectivity index (χ0) is 18.0. The van der Waals surface area contributed by atoms with Gasteiger partial charge in [-0.25, -0.2) is 13.2 Å². The van der Waals surface area contributed by atoms with E-state index in [0.717, 1.165) is 29.9 Å². The molecule has 1 aliphatic rings. The van der Waals surface area contributed by atoms with Crippen molar-refractivity contribution in [2.75, 3.05) is 32.4 Å². The lowest BCUT2D eigenvalue weighted by Crippen LogP contribution is -2.37. The number of carbonyl (C=O) groups is 1. The van der Waals surface area contributed by atoms with E-state index < -0.39 is 15.7 Å². The van der Waals surface area contributed by atoms with Crippen LogP contribution < -0.4 is 11.0 Å². The van der Waals surface area contributed by atoms with Gasteiger partial charge in [0.1, 0.15) is 6.54 Å². The van der Waals surface area contributed by atoms with Crippen molar-refractivity contribution in [2.45, 2.75) is 19.4 Å². The van der Waals surface area contributed by atoms with Crippen molar-refractivity contribution in [2.24, 2.45) is 0 Å². The first kappa shape index (κ1) is 17.7. The molecule has 1 amide bonds. The number of nitrogens with one attached hydrogen (secondary N) is 1. The molecule has 0 saturated carbocycles. The van der Waals surface area contributed by atoms with Crippen molar-refractivity contribution in [3.05, 3.63) is 34.7 Å². The monoisotopic (exact) mass is 366 g/mol. The molecule has 136 valence electrons. The lowest BCUT2D eigenvalue weighted by atomic mass is 10.3. The van der Waals surface area contributed by atoms with Crippen LogP contribution in [0.25, 0.3) is 11.0 Å². The Kier molecular flexibility index (Phi) is 4.96. The molecule has 1 aromatic heterocycles. The fraction of sp³-hybridized carbons (Fsp3) is 0.500. The highest BCUT2D eigenvalue weighted by Gasteiger charge is 2.20. The maximum atomic E-state index is 12.5. The Morgan fingerprint density at radius 2 is 1.80 bits per heavy atom. The van der Waals surface area contributed by atoms with Crippen molar-refractivity contribution in [1.29, 1.82) is 0 Å². The maximum Gasteiger partial charge on any atom is 0.343 e. The Labute approximate surface area is 146 Å². The Balaban J connectivity index is 1.78. The van der Waals surface area contributed by atoms with E-state index in [2.05, 4.69) is 10.2 Å². The SMILES string of the molecule is CS(=O)(=O)n1c(=O)n(CC(=O)NCCN2CCCC2)c2ccccc21. The number of imidazole rings is 1. The van der Waals surface area contributed by atoms with Gasteiger partial charge in [-0.2, -0.15) is 3.97 Å². The molecule has 2 heterocycles. The Morgan fingerprint density at radius 1 is 1.16 bits per heavy atom. The summed E-state index contributed by atoms with van der Waals surface area (Å²) in [5, 5.41) is 2.80. The average Bonchev–Trinajstić information content (AvgIpc) is 3.14. The third-order valence-corrected chi connectivity index (χ3v) is 5.39. The molecule has 25 heavy (non-hydrogen) atoms. The van der Waals surface area contributed by atoms with Crippen LogP contribution in [0.3, 0.4) is 0 Å². The summed E-state index contributed by atoms with van der Waals surface area (Å²) in [5.41, 5.74) is -0.0223. The van der Waals surface area contributed by atoms with Crippen molar-refractivity contribution in [3.63, 3.8) is 0 Å². The summed E-state index contributed by atoms with van der Waals surface area (Å²) < 4.78 is 25.8. The second kappa shape index (κ2) is 7.01. The highest BCUT2D eigenvalue weighted by atomic mass is 32.2. The van der Waals surface area contributed by atoms with Gasteiger partial charge >= 0.3 is 5.69 Å². The van der Waals surface area contributed by atoms with Crippen LogP contribution >= 0.6 is 0 Å². The largest absolute Gasteiger partial charge is 0.353 e. The quantitative estimate of drug-likeness (QED) is 0.766. The average molecular weight is 366 g/mol. The summed E-state index contributed by atoms with van der Waals surface area (Å²) in [6, 6.07) is 6.55. The van der Waals surface area contributed by atoms with E-state index in [1.165, 1.54) is 17.4 Å². The molecule has 2 aromatic rings. The molecule has 0 atom stereocenters. The molecule has 9 heteroatoms. The van der Waals surface area contributed by atoms with Gasteiger partial charge in [-0.1, -0.05) is 12.1 Å². The van der Waals surface area contributed by atoms with Gasteiger partial charge in [-0.3, -0.25) is 9.36 Å². The van der Waals surface area contributed by atoms with E-state index in [-0.39, 0.29) is 18.0 Å². The maximum absolute atomic E-state index is 12.5. The van der Waals surface area contributed by atoms with Crippen molar-refractivity contribution >= 4 is 27.0 Å². The molecular weight excluding hydrogens is 344 g/mol. The van der Waals surface area contributed by atoms with E-state index in [9.17, 15) is 18.0 Å². The lowest BCUT2D eigenvalue weighted by molar-refractivity contribution is -0.121. The van der Waals surface area contributed by atoms with Gasteiger partial charge in [-0.15, -0.1) is 0 Å². The molecule has 0 unspecified atom stereocenters. The Morgan fingerprint density at radius 3 is 2.44 bits per heavy atom. The van der Waals surface area contributed by atoms with E-state index in [0.29, 0.717) is 12.1 Å². The zero-order valence-corrected chi connectivity index (χ0v) is 15.0. The third kappa shape index (κ3) is 3.77. The van der Waals surface area contributed by atoms with Crippen molar-refractivity contribution in [3.8, 4) is 0 Å². The van der Waals surface area contributed by atoms with Crippen LogP contribution in [0.1, 0.15) is 12.8 Å². The first-order chi connectivity index (χ1) is 11.9. The second-order valence-electron chi connectivity index (χ2n) is 6.28. The second-order valence-corrected chi connectivity index (χ2v) is 8.11. The molecule has 0 aliphatic carbocycles. The van der Waals surface area contributed by atoms with Gasteiger partial charge in [0.15, 0.2) is 0 Å². The lowest BCUT2D eigenvalue weighted by Gasteiger charge is -2.14. The summed E-state index contributed by atoms with van der Waals surface area (Å²) in [7, 11) is -3.76. The van der Waals surface area contributed by atoms with Crippen LogP contribution in [0.5, 0.6) is 0 Å². The predicted molar refractivity (Wildman–Crippen MR) is 95.1 cm³/mol. The molecule has 0 radical (unpaired) electrons. The number of hydrogen-bond acceptors (Lipinski definition) is 5. The van der Waals surface area contributed by atoms with Gasteiger partial charge in [0.25, 0.3) is 0 Å². The van der Waals surface area contributed by atoms with Gasteiger partial charge in [0.05, 0.1) is 17.3 Å². The highest BCUT2D eigenvalue weighted by Crippen LogP contribution is 2.14. The van der Waals surface area contributed by atoms with Crippen molar-refractivity contribution in [1.82, 2.24) is 18.8 Å². The van der Waals surface area contributed by atoms with E-state index in [4.69, 9.17) is 0 Å². The Bertz CT molecular complexity index is 939. The summed E-state index contributed by atoms with van der Waals surface area (Å²) in [4.78, 5) is 27.0.